The predicted molar refractivity (Wildman–Crippen MR) is 117 cm³/mol. The zero-order chi connectivity index (χ0) is 21.8. The predicted octanol–water partition coefficient (Wildman–Crippen LogP) is 4.86. The molecule has 5 heteroatoms. The van der Waals surface area contributed by atoms with Crippen molar-refractivity contribution in [1.29, 1.82) is 0 Å². The molecule has 0 unspecified atom stereocenters. The van der Waals surface area contributed by atoms with E-state index in [9.17, 15) is 19.1 Å². The summed E-state index contributed by atoms with van der Waals surface area (Å²) in [7, 11) is 0. The second-order valence-corrected chi connectivity index (χ2v) is 7.95. The van der Waals surface area contributed by atoms with E-state index >= 15 is 0 Å². The number of rotatable bonds is 5. The van der Waals surface area contributed by atoms with Gasteiger partial charge in [0.1, 0.15) is 11.6 Å². The van der Waals surface area contributed by atoms with Crippen molar-refractivity contribution >= 4 is 11.7 Å². The number of hydrogen-bond acceptors (Lipinski definition) is 3. The van der Waals surface area contributed by atoms with Crippen LogP contribution < -0.4 is 0 Å². The number of likely N-dealkylation sites (tertiary alicyclic amines) is 1. The smallest absolute Gasteiger partial charge is 0.256 e. The molecule has 1 fully saturated rings. The van der Waals surface area contributed by atoms with Crippen molar-refractivity contribution < 1.29 is 19.1 Å². The third-order valence-electron chi connectivity index (χ3n) is 5.82. The number of ketones is 1. The lowest BCUT2D eigenvalue weighted by atomic mass is 9.88. The molecule has 1 heterocycles. The topological polar surface area (TPSA) is 57.6 Å². The van der Waals surface area contributed by atoms with Crippen LogP contribution in [0, 0.1) is 11.7 Å². The molecule has 3 aromatic rings. The molecular weight excluding hydrogens is 393 g/mol. The summed E-state index contributed by atoms with van der Waals surface area (Å²) >= 11 is 0. The van der Waals surface area contributed by atoms with Crippen molar-refractivity contribution in [2.45, 2.75) is 19.3 Å². The molecule has 1 aliphatic heterocycles. The Labute approximate surface area is 181 Å². The van der Waals surface area contributed by atoms with Crippen molar-refractivity contribution in [1.82, 2.24) is 4.90 Å². The van der Waals surface area contributed by atoms with Crippen molar-refractivity contribution in [2.24, 2.45) is 5.92 Å². The van der Waals surface area contributed by atoms with Gasteiger partial charge in [-0.2, -0.15) is 0 Å². The summed E-state index contributed by atoms with van der Waals surface area (Å²) in [4.78, 5) is 27.1. The molecule has 0 atom stereocenters. The number of carbonyl (C=O) groups excluding carboxylic acids is 2. The van der Waals surface area contributed by atoms with E-state index < -0.39 is 11.7 Å². The van der Waals surface area contributed by atoms with Gasteiger partial charge in [0.05, 0.1) is 5.56 Å². The molecule has 0 aliphatic carbocycles. The summed E-state index contributed by atoms with van der Waals surface area (Å²) in [5, 5.41) is 9.55. The Kier molecular flexibility index (Phi) is 6.12. The summed E-state index contributed by atoms with van der Waals surface area (Å²) in [6.07, 6.45) is 1.90. The number of Topliss-reactive ketones (excluding diaryl/α,β-unsaturated/α-hetero) is 1. The Morgan fingerprint density at radius 2 is 1.55 bits per heavy atom. The van der Waals surface area contributed by atoms with Gasteiger partial charge in [-0.3, -0.25) is 9.59 Å². The van der Waals surface area contributed by atoms with E-state index in [1.165, 1.54) is 11.6 Å². The zero-order valence-electron chi connectivity index (χ0n) is 17.1. The monoisotopic (exact) mass is 417 g/mol. The quantitative estimate of drug-likeness (QED) is 0.604. The lowest BCUT2D eigenvalue weighted by molar-refractivity contribution is 0.0646. The van der Waals surface area contributed by atoms with Gasteiger partial charge in [0.25, 0.3) is 5.91 Å². The molecule has 4 rings (SSSR count). The highest BCUT2D eigenvalue weighted by Gasteiger charge is 2.29. The average Bonchev–Trinajstić information content (AvgIpc) is 2.81. The molecule has 3 aromatic carbocycles. The minimum absolute atomic E-state index is 0.0851. The van der Waals surface area contributed by atoms with E-state index in [-0.39, 0.29) is 23.0 Å². The summed E-state index contributed by atoms with van der Waals surface area (Å²) in [6, 6.07) is 21.3. The molecule has 1 saturated heterocycles. The van der Waals surface area contributed by atoms with E-state index in [4.69, 9.17) is 0 Å². The number of benzene rings is 3. The normalized spacial score (nSPS) is 14.4. The van der Waals surface area contributed by atoms with Crippen LogP contribution in [0.5, 0.6) is 5.75 Å². The molecule has 0 aromatic heterocycles. The third kappa shape index (κ3) is 4.82. The maximum atomic E-state index is 14.0. The van der Waals surface area contributed by atoms with Gasteiger partial charge in [-0.05, 0) is 48.6 Å². The Hall–Kier alpha value is -3.47. The van der Waals surface area contributed by atoms with Crippen LogP contribution in [0.1, 0.15) is 44.7 Å². The number of hydrogen-bond donors (Lipinski definition) is 1. The summed E-state index contributed by atoms with van der Waals surface area (Å²) in [5.41, 5.74) is 2.91. The summed E-state index contributed by atoms with van der Waals surface area (Å²) in [5.74, 6) is -1.33. The molecule has 158 valence electrons. The zero-order valence-corrected chi connectivity index (χ0v) is 17.1. The third-order valence-corrected chi connectivity index (χ3v) is 5.82. The first-order valence-electron chi connectivity index (χ1n) is 10.5. The van der Waals surface area contributed by atoms with Crippen LogP contribution in [0.2, 0.25) is 0 Å². The lowest BCUT2D eigenvalue weighted by Gasteiger charge is -2.31. The molecule has 1 aliphatic rings. The van der Waals surface area contributed by atoms with E-state index in [1.54, 1.807) is 4.90 Å². The average molecular weight is 417 g/mol. The Morgan fingerprint density at radius 3 is 2.23 bits per heavy atom. The fourth-order valence-electron chi connectivity index (χ4n) is 4.05. The SMILES string of the molecule is O=C(c1ccc(Cc2ccccc2)cc1)C1CCN(C(=O)c2cc(O)ccc2F)CC1. The molecule has 1 N–H and O–H groups in total. The summed E-state index contributed by atoms with van der Waals surface area (Å²) in [6.45, 7) is 0.771. The van der Waals surface area contributed by atoms with Gasteiger partial charge in [0, 0.05) is 24.6 Å². The number of carbonyl (C=O) groups is 2. The fraction of sp³-hybridized carbons (Fsp3) is 0.231. The molecule has 31 heavy (non-hydrogen) atoms. The lowest BCUT2D eigenvalue weighted by Crippen LogP contribution is -2.40. The molecule has 0 saturated carbocycles. The minimum atomic E-state index is -0.656. The van der Waals surface area contributed by atoms with Crippen molar-refractivity contribution in [3.8, 4) is 5.75 Å². The van der Waals surface area contributed by atoms with Gasteiger partial charge in [-0.1, -0.05) is 54.6 Å². The molecule has 1 amide bonds. The van der Waals surface area contributed by atoms with Crippen LogP contribution in [0.4, 0.5) is 4.39 Å². The number of phenols is 1. The van der Waals surface area contributed by atoms with Crippen LogP contribution >= 0.6 is 0 Å². The van der Waals surface area contributed by atoms with Gasteiger partial charge < -0.3 is 10.0 Å². The number of nitrogens with zero attached hydrogens (tertiary/aromatic N) is 1. The van der Waals surface area contributed by atoms with Gasteiger partial charge in [0.2, 0.25) is 0 Å². The van der Waals surface area contributed by atoms with Gasteiger partial charge in [0.15, 0.2) is 5.78 Å². The van der Waals surface area contributed by atoms with Crippen LogP contribution in [-0.2, 0) is 6.42 Å². The van der Waals surface area contributed by atoms with E-state index in [2.05, 4.69) is 12.1 Å². The van der Waals surface area contributed by atoms with Gasteiger partial charge >= 0.3 is 0 Å². The van der Waals surface area contributed by atoms with Crippen molar-refractivity contribution in [3.63, 3.8) is 0 Å². The number of phenolic OH excluding ortho intramolecular Hbond substituents is 1. The summed E-state index contributed by atoms with van der Waals surface area (Å²) < 4.78 is 14.0. The maximum Gasteiger partial charge on any atom is 0.256 e. The largest absolute Gasteiger partial charge is 0.508 e. The molecule has 0 bridgehead atoms. The number of amides is 1. The van der Waals surface area contributed by atoms with Crippen molar-refractivity contribution in [2.75, 3.05) is 13.1 Å². The standard InChI is InChI=1S/C26H24FNO3/c27-24-11-10-22(29)17-23(24)26(31)28-14-12-21(13-15-28)25(30)20-8-6-19(7-9-20)16-18-4-2-1-3-5-18/h1-11,17,21,29H,12-16H2. The van der Waals surface area contributed by atoms with Crippen molar-refractivity contribution in [3.05, 3.63) is 101 Å². The maximum absolute atomic E-state index is 14.0. The molecular formula is C26H24FNO3. The van der Waals surface area contributed by atoms with Crippen LogP contribution in [0.15, 0.2) is 72.8 Å². The molecule has 0 radical (unpaired) electrons. The van der Waals surface area contributed by atoms with Crippen LogP contribution in [0.3, 0.4) is 0 Å². The fourth-order valence-corrected chi connectivity index (χ4v) is 4.05. The first-order chi connectivity index (χ1) is 15.0. The molecule has 0 spiro atoms. The minimum Gasteiger partial charge on any atom is -0.508 e. The van der Waals surface area contributed by atoms with Gasteiger partial charge in [-0.15, -0.1) is 0 Å². The van der Waals surface area contributed by atoms with Gasteiger partial charge in [-0.25, -0.2) is 4.39 Å². The number of aromatic hydroxyl groups is 1. The van der Waals surface area contributed by atoms with Crippen LogP contribution in [-0.4, -0.2) is 34.8 Å². The Bertz CT molecular complexity index is 1070. The highest BCUT2D eigenvalue weighted by molar-refractivity contribution is 5.98. The van der Waals surface area contributed by atoms with E-state index in [0.717, 1.165) is 24.1 Å². The van der Waals surface area contributed by atoms with Crippen LogP contribution in [0.25, 0.3) is 0 Å². The number of piperidine rings is 1. The van der Waals surface area contributed by atoms with E-state index in [0.29, 0.717) is 31.5 Å². The second-order valence-electron chi connectivity index (χ2n) is 7.95. The highest BCUT2D eigenvalue weighted by atomic mass is 19.1. The Balaban J connectivity index is 1.36. The number of halogens is 1. The first kappa shape index (κ1) is 20.8. The highest BCUT2D eigenvalue weighted by Crippen LogP contribution is 2.25. The first-order valence-corrected chi connectivity index (χ1v) is 10.5. The van der Waals surface area contributed by atoms with E-state index in [1.807, 2.05) is 42.5 Å². The Morgan fingerprint density at radius 1 is 0.903 bits per heavy atom. The second kappa shape index (κ2) is 9.13. The molecule has 4 nitrogen and oxygen atoms in total.